The average molecular weight is 489 g/mol. The van der Waals surface area contributed by atoms with Gasteiger partial charge in [0.15, 0.2) is 5.15 Å². The number of hydrogen-bond donors (Lipinski definition) is 1. The van der Waals surface area contributed by atoms with Crippen molar-refractivity contribution in [3.63, 3.8) is 0 Å². The number of pyridine rings is 1. The minimum Gasteiger partial charge on any atom is -0.340 e. The summed E-state index contributed by atoms with van der Waals surface area (Å²) in [6, 6.07) is 19.0. The number of imidazole rings is 1. The first-order chi connectivity index (χ1) is 16.6. The molecular weight excluding hydrogens is 471 g/mol. The van der Waals surface area contributed by atoms with Gasteiger partial charge in [-0.3, -0.25) is 4.79 Å². The molecular formula is C25H18Cl2N6O. The van der Waals surface area contributed by atoms with Crippen LogP contribution in [0.3, 0.4) is 0 Å². The van der Waals surface area contributed by atoms with E-state index in [1.54, 1.807) is 23.0 Å². The second-order valence-corrected chi connectivity index (χ2v) is 9.02. The smallest absolute Gasteiger partial charge is 0.252 e. The van der Waals surface area contributed by atoms with Gasteiger partial charge in [-0.25, -0.2) is 9.67 Å². The first-order valence-electron chi connectivity index (χ1n) is 10.8. The predicted molar refractivity (Wildman–Crippen MR) is 132 cm³/mol. The van der Waals surface area contributed by atoms with Crippen molar-refractivity contribution in [1.29, 1.82) is 0 Å². The average Bonchev–Trinajstić information content (AvgIpc) is 3.59. The maximum atomic E-state index is 13.3. The molecule has 0 saturated carbocycles. The van der Waals surface area contributed by atoms with Crippen molar-refractivity contribution < 1.29 is 0 Å². The van der Waals surface area contributed by atoms with Crippen molar-refractivity contribution in [2.45, 2.75) is 18.9 Å². The van der Waals surface area contributed by atoms with Gasteiger partial charge < -0.3 is 9.55 Å². The molecule has 1 aliphatic heterocycles. The summed E-state index contributed by atoms with van der Waals surface area (Å²) in [6.45, 7) is 0. The summed E-state index contributed by atoms with van der Waals surface area (Å²) in [7, 11) is 0. The Morgan fingerprint density at radius 2 is 1.85 bits per heavy atom. The minimum atomic E-state index is -0.137. The largest absolute Gasteiger partial charge is 0.340 e. The van der Waals surface area contributed by atoms with Crippen molar-refractivity contribution >= 4 is 23.2 Å². The molecule has 3 aromatic heterocycles. The third kappa shape index (κ3) is 3.63. The van der Waals surface area contributed by atoms with Gasteiger partial charge in [-0.15, -0.1) is 5.10 Å². The summed E-state index contributed by atoms with van der Waals surface area (Å²) in [5.74, 6) is 0.785. The number of aryl methyl sites for hydroxylation is 1. The Morgan fingerprint density at radius 1 is 1.00 bits per heavy atom. The van der Waals surface area contributed by atoms with Gasteiger partial charge >= 0.3 is 0 Å². The molecule has 5 aromatic rings. The zero-order valence-corrected chi connectivity index (χ0v) is 19.3. The molecule has 168 valence electrons. The number of H-pyrrole nitrogens is 1. The lowest BCUT2D eigenvalue weighted by Gasteiger charge is -2.15. The Balaban J connectivity index is 1.40. The predicted octanol–water partition coefficient (Wildman–Crippen LogP) is 5.33. The Kier molecular flexibility index (Phi) is 5.08. The van der Waals surface area contributed by atoms with E-state index in [9.17, 15) is 4.79 Å². The van der Waals surface area contributed by atoms with Gasteiger partial charge in [0.2, 0.25) is 0 Å². The van der Waals surface area contributed by atoms with Crippen molar-refractivity contribution in [2.75, 3.05) is 0 Å². The summed E-state index contributed by atoms with van der Waals surface area (Å²) < 4.78 is 3.41. The second-order valence-electron chi connectivity index (χ2n) is 8.19. The summed E-state index contributed by atoms with van der Waals surface area (Å²) in [5, 5.41) is 8.78. The van der Waals surface area contributed by atoms with E-state index >= 15 is 0 Å². The van der Waals surface area contributed by atoms with Crippen molar-refractivity contribution in [3.05, 3.63) is 105 Å². The maximum absolute atomic E-state index is 13.3. The fraction of sp³-hybridized carbons (Fsp3) is 0.120. The molecule has 0 saturated heterocycles. The molecule has 0 aliphatic carbocycles. The molecule has 0 unspecified atom stereocenters. The van der Waals surface area contributed by atoms with Crippen LogP contribution in [0.25, 0.3) is 28.1 Å². The molecule has 4 heterocycles. The second kappa shape index (κ2) is 8.27. The molecule has 0 radical (unpaired) electrons. The molecule has 9 heteroatoms. The van der Waals surface area contributed by atoms with Crippen LogP contribution in [-0.4, -0.2) is 29.5 Å². The molecule has 7 nitrogen and oxygen atoms in total. The number of aromatic nitrogens is 6. The van der Waals surface area contributed by atoms with Crippen molar-refractivity contribution in [3.8, 4) is 28.1 Å². The van der Waals surface area contributed by atoms with Crippen LogP contribution < -0.4 is 5.56 Å². The Labute approximate surface area is 204 Å². The number of aromatic amines is 1. The number of hydrogen-bond acceptors (Lipinski definition) is 4. The highest BCUT2D eigenvalue weighted by atomic mass is 35.5. The van der Waals surface area contributed by atoms with Crippen LogP contribution in [0.5, 0.6) is 0 Å². The first kappa shape index (κ1) is 20.9. The third-order valence-electron chi connectivity index (χ3n) is 6.11. The number of rotatable bonds is 4. The summed E-state index contributed by atoms with van der Waals surface area (Å²) in [5.41, 5.74) is 5.14. The summed E-state index contributed by atoms with van der Waals surface area (Å²) in [4.78, 5) is 21.3. The topological polar surface area (TPSA) is 81.4 Å². The molecule has 0 amide bonds. The van der Waals surface area contributed by atoms with E-state index in [1.807, 2.05) is 59.3 Å². The highest BCUT2D eigenvalue weighted by Gasteiger charge is 2.28. The Bertz CT molecular complexity index is 1570. The van der Waals surface area contributed by atoms with Crippen LogP contribution in [0, 0.1) is 0 Å². The van der Waals surface area contributed by atoms with E-state index in [2.05, 4.69) is 20.3 Å². The summed E-state index contributed by atoms with van der Waals surface area (Å²) >= 11 is 12.3. The monoisotopic (exact) mass is 488 g/mol. The quantitative estimate of drug-likeness (QED) is 0.370. The van der Waals surface area contributed by atoms with Gasteiger partial charge in [-0.05, 0) is 48.2 Å². The lowest BCUT2D eigenvalue weighted by Crippen LogP contribution is -2.23. The number of nitrogens with one attached hydrogen (secondary N) is 1. The van der Waals surface area contributed by atoms with E-state index in [0.717, 1.165) is 52.4 Å². The highest BCUT2D eigenvalue weighted by molar-refractivity contribution is 6.31. The maximum Gasteiger partial charge on any atom is 0.252 e. The van der Waals surface area contributed by atoms with E-state index in [1.165, 1.54) is 0 Å². The Hall–Kier alpha value is -3.68. The highest BCUT2D eigenvalue weighted by Crippen LogP contribution is 2.34. The fourth-order valence-electron chi connectivity index (χ4n) is 4.58. The van der Waals surface area contributed by atoms with E-state index in [-0.39, 0.29) is 16.8 Å². The van der Waals surface area contributed by atoms with E-state index < -0.39 is 0 Å². The number of halogens is 2. The van der Waals surface area contributed by atoms with Crippen LogP contribution in [0.15, 0.2) is 77.9 Å². The zero-order chi connectivity index (χ0) is 23.2. The van der Waals surface area contributed by atoms with Crippen LogP contribution in [0.2, 0.25) is 10.2 Å². The van der Waals surface area contributed by atoms with Gasteiger partial charge in [-0.1, -0.05) is 58.7 Å². The molecule has 0 spiro atoms. The summed E-state index contributed by atoms with van der Waals surface area (Å²) in [6.07, 6.45) is 5.00. The molecule has 1 N–H and O–H groups in total. The number of nitrogens with zero attached hydrogens (tertiary/aromatic N) is 5. The number of benzene rings is 2. The minimum absolute atomic E-state index is 0.0878. The molecule has 34 heavy (non-hydrogen) atoms. The molecule has 2 aromatic carbocycles. The van der Waals surface area contributed by atoms with E-state index in [0.29, 0.717) is 5.02 Å². The molecule has 6 rings (SSSR count). The normalized spacial score (nSPS) is 14.9. The van der Waals surface area contributed by atoms with Gasteiger partial charge in [0, 0.05) is 22.3 Å². The lowest BCUT2D eigenvalue weighted by atomic mass is 10.0. The van der Waals surface area contributed by atoms with Gasteiger partial charge in [0.1, 0.15) is 5.82 Å². The first-order valence-corrected chi connectivity index (χ1v) is 11.6. The molecule has 1 atom stereocenters. The van der Waals surface area contributed by atoms with Gasteiger partial charge in [-0.2, -0.15) is 0 Å². The van der Waals surface area contributed by atoms with E-state index in [4.69, 9.17) is 23.2 Å². The fourth-order valence-corrected chi connectivity index (χ4v) is 4.88. The van der Waals surface area contributed by atoms with Crippen molar-refractivity contribution in [1.82, 2.24) is 29.5 Å². The zero-order valence-electron chi connectivity index (χ0n) is 17.8. The SMILES string of the molecule is O=c1cc(-c2cc(Cl)ccc2-n2cc(Cl)nn2)cc2n1[C@H](c1ncc(-c3ccccc3)[nH]1)CC2. The van der Waals surface area contributed by atoms with Gasteiger partial charge in [0.25, 0.3) is 5.56 Å². The Morgan fingerprint density at radius 3 is 2.65 bits per heavy atom. The van der Waals surface area contributed by atoms with Gasteiger partial charge in [0.05, 0.1) is 29.8 Å². The van der Waals surface area contributed by atoms with Crippen molar-refractivity contribution in [2.24, 2.45) is 0 Å². The molecule has 0 bridgehead atoms. The standard InChI is InChI=1S/C25H18Cl2N6O/c26-17-6-8-21(32-14-23(27)30-31-32)19(12-17)16-10-18-7-9-22(33(18)24(34)11-16)25-28-13-20(29-25)15-4-2-1-3-5-15/h1-6,8,10-14,22H,7,9H2,(H,28,29)/t22-/m0/s1. The third-order valence-corrected chi connectivity index (χ3v) is 6.52. The lowest BCUT2D eigenvalue weighted by molar-refractivity contribution is 0.572. The van der Waals surface area contributed by atoms with Crippen LogP contribution in [0.4, 0.5) is 0 Å². The van der Waals surface area contributed by atoms with Crippen LogP contribution in [0.1, 0.15) is 24.0 Å². The van der Waals surface area contributed by atoms with Crippen LogP contribution >= 0.6 is 23.2 Å². The number of fused-ring (bicyclic) bond motifs is 1. The molecule has 0 fully saturated rings. The molecule has 1 aliphatic rings. The van der Waals surface area contributed by atoms with Crippen LogP contribution in [-0.2, 0) is 6.42 Å².